The van der Waals surface area contributed by atoms with Gasteiger partial charge in [0.15, 0.2) is 11.5 Å². The first-order chi connectivity index (χ1) is 13.1. The lowest BCUT2D eigenvalue weighted by molar-refractivity contribution is 0.0950. The molecule has 9 heteroatoms. The smallest absolute Gasteiger partial charge is 0.256 e. The van der Waals surface area contributed by atoms with Crippen LogP contribution in [0.3, 0.4) is 0 Å². The minimum Gasteiger partial charge on any atom is -0.496 e. The van der Waals surface area contributed by atoms with Crippen LogP contribution in [0.1, 0.15) is 27.1 Å². The Morgan fingerprint density at radius 3 is 2.85 bits per heavy atom. The summed E-state index contributed by atoms with van der Waals surface area (Å²) in [5.41, 5.74) is 6.63. The van der Waals surface area contributed by atoms with Gasteiger partial charge < -0.3 is 21.1 Å². The van der Waals surface area contributed by atoms with E-state index in [1.807, 2.05) is 0 Å². The van der Waals surface area contributed by atoms with Gasteiger partial charge in [0.25, 0.3) is 11.8 Å². The Morgan fingerprint density at radius 1 is 1.26 bits per heavy atom. The van der Waals surface area contributed by atoms with Crippen LogP contribution in [0, 0.1) is 0 Å². The summed E-state index contributed by atoms with van der Waals surface area (Å²) in [6.45, 7) is 0.927. The molecule has 0 unspecified atom stereocenters. The molecule has 0 saturated carbocycles. The number of nitrogens with two attached hydrogens (primary N) is 1. The second kappa shape index (κ2) is 8.28. The molecule has 0 aliphatic rings. The molecule has 140 valence electrons. The van der Waals surface area contributed by atoms with Crippen LogP contribution in [-0.2, 0) is 0 Å². The molecule has 0 bridgehead atoms. The van der Waals surface area contributed by atoms with E-state index in [-0.39, 0.29) is 11.5 Å². The highest BCUT2D eigenvalue weighted by Crippen LogP contribution is 2.21. The van der Waals surface area contributed by atoms with Crippen LogP contribution >= 0.6 is 0 Å². The van der Waals surface area contributed by atoms with Crippen molar-refractivity contribution in [1.29, 1.82) is 0 Å². The second-order valence-electron chi connectivity index (χ2n) is 5.72. The monoisotopic (exact) mass is 368 g/mol. The number of imidazole rings is 1. The molecule has 0 atom stereocenters. The summed E-state index contributed by atoms with van der Waals surface area (Å²) < 4.78 is 6.78. The Labute approximate surface area is 155 Å². The van der Waals surface area contributed by atoms with Crippen molar-refractivity contribution < 1.29 is 14.3 Å². The summed E-state index contributed by atoms with van der Waals surface area (Å²) in [5.74, 6) is 0.0288. The van der Waals surface area contributed by atoms with E-state index in [2.05, 4.69) is 20.7 Å². The van der Waals surface area contributed by atoms with Crippen molar-refractivity contribution >= 4 is 23.3 Å². The Morgan fingerprint density at radius 2 is 2.11 bits per heavy atom. The number of amides is 2. The first-order valence-corrected chi connectivity index (χ1v) is 8.40. The van der Waals surface area contributed by atoms with Gasteiger partial charge in [-0.25, -0.2) is 9.50 Å². The molecule has 4 N–H and O–H groups in total. The number of nitrogens with one attached hydrogen (secondary N) is 2. The normalized spacial score (nSPS) is 10.6. The third-order valence-electron chi connectivity index (χ3n) is 3.85. The molecule has 0 radical (unpaired) electrons. The fourth-order valence-corrected chi connectivity index (χ4v) is 2.51. The lowest BCUT2D eigenvalue weighted by Crippen LogP contribution is -2.26. The van der Waals surface area contributed by atoms with Crippen molar-refractivity contribution in [2.45, 2.75) is 6.42 Å². The van der Waals surface area contributed by atoms with Crippen molar-refractivity contribution in [3.8, 4) is 5.75 Å². The molecule has 9 nitrogen and oxygen atoms in total. The van der Waals surface area contributed by atoms with Crippen molar-refractivity contribution in [2.24, 2.45) is 5.73 Å². The van der Waals surface area contributed by atoms with E-state index in [1.165, 1.54) is 13.2 Å². The lowest BCUT2D eigenvalue weighted by atomic mass is 10.1. The standard InChI is InChI=1S/C18H20N6O3/c1-27-14-6-5-12(10-13(14)18(26)20-8-3-7-19)17(25)23-15-11-24-16(22-15)4-2-9-21-24/h2,4-6,9-11H,3,7-8,19H2,1H3,(H,20,26)(H,23,25). The van der Waals surface area contributed by atoms with Crippen LogP contribution in [0.25, 0.3) is 5.65 Å². The maximum Gasteiger partial charge on any atom is 0.256 e. The number of methoxy groups -OCH3 is 1. The van der Waals surface area contributed by atoms with Crippen LogP contribution in [0.15, 0.2) is 42.7 Å². The van der Waals surface area contributed by atoms with Crippen LogP contribution < -0.4 is 21.1 Å². The summed E-state index contributed by atoms with van der Waals surface area (Å²) in [6.07, 6.45) is 3.90. The van der Waals surface area contributed by atoms with E-state index in [4.69, 9.17) is 10.5 Å². The fraction of sp³-hybridized carbons (Fsp3) is 0.222. The molecular weight excluding hydrogens is 348 g/mol. The number of carbonyl (C=O) groups excluding carboxylic acids is 2. The zero-order valence-corrected chi connectivity index (χ0v) is 14.8. The van der Waals surface area contributed by atoms with E-state index in [0.717, 1.165) is 0 Å². The van der Waals surface area contributed by atoms with Crippen LogP contribution in [-0.4, -0.2) is 46.6 Å². The highest BCUT2D eigenvalue weighted by Gasteiger charge is 2.16. The Hall–Kier alpha value is -3.46. The SMILES string of the molecule is COc1ccc(C(=O)Nc2cn3ncccc3n2)cc1C(=O)NCCCN. The van der Waals surface area contributed by atoms with Gasteiger partial charge in [0.1, 0.15) is 5.75 Å². The van der Waals surface area contributed by atoms with E-state index >= 15 is 0 Å². The van der Waals surface area contributed by atoms with Gasteiger partial charge in [-0.15, -0.1) is 0 Å². The van der Waals surface area contributed by atoms with Crippen molar-refractivity contribution in [2.75, 3.05) is 25.5 Å². The van der Waals surface area contributed by atoms with Crippen molar-refractivity contribution in [3.05, 3.63) is 53.9 Å². The molecule has 0 saturated heterocycles. The Balaban J connectivity index is 1.79. The molecular formula is C18H20N6O3. The molecule has 0 aliphatic heterocycles. The number of benzene rings is 1. The number of hydrogen-bond donors (Lipinski definition) is 3. The molecule has 1 aromatic carbocycles. The molecule has 0 spiro atoms. The number of nitrogens with zero attached hydrogens (tertiary/aromatic N) is 3. The lowest BCUT2D eigenvalue weighted by Gasteiger charge is -2.11. The maximum absolute atomic E-state index is 12.6. The zero-order chi connectivity index (χ0) is 19.2. The number of aromatic nitrogens is 3. The van der Waals surface area contributed by atoms with Crippen LogP contribution in [0.4, 0.5) is 5.82 Å². The fourth-order valence-electron chi connectivity index (χ4n) is 2.51. The summed E-state index contributed by atoms with van der Waals surface area (Å²) in [7, 11) is 1.47. The van der Waals surface area contributed by atoms with Gasteiger partial charge in [-0.05, 0) is 43.3 Å². The van der Waals surface area contributed by atoms with Crippen LogP contribution in [0.5, 0.6) is 5.75 Å². The van der Waals surface area contributed by atoms with E-state index < -0.39 is 5.91 Å². The zero-order valence-electron chi connectivity index (χ0n) is 14.8. The van der Waals surface area contributed by atoms with E-state index in [9.17, 15) is 9.59 Å². The molecule has 2 heterocycles. The Kier molecular flexibility index (Phi) is 5.62. The van der Waals surface area contributed by atoms with Gasteiger partial charge in [0.05, 0.1) is 18.9 Å². The minimum absolute atomic E-state index is 0.277. The highest BCUT2D eigenvalue weighted by molar-refractivity contribution is 6.06. The molecule has 3 rings (SSSR count). The predicted molar refractivity (Wildman–Crippen MR) is 99.9 cm³/mol. The van der Waals surface area contributed by atoms with Crippen LogP contribution in [0.2, 0.25) is 0 Å². The third kappa shape index (κ3) is 4.21. The average molecular weight is 368 g/mol. The number of anilines is 1. The number of carbonyl (C=O) groups is 2. The van der Waals surface area contributed by atoms with Gasteiger partial charge in [-0.3, -0.25) is 9.59 Å². The molecule has 2 amide bonds. The van der Waals surface area contributed by atoms with Gasteiger partial charge >= 0.3 is 0 Å². The molecule has 0 aliphatic carbocycles. The van der Waals surface area contributed by atoms with Gasteiger partial charge in [-0.2, -0.15) is 5.10 Å². The number of rotatable bonds is 7. The third-order valence-corrected chi connectivity index (χ3v) is 3.85. The van der Waals surface area contributed by atoms with Crippen molar-refractivity contribution in [1.82, 2.24) is 19.9 Å². The first kappa shape index (κ1) is 18.3. The summed E-state index contributed by atoms with van der Waals surface area (Å²) in [6, 6.07) is 8.18. The number of ether oxygens (including phenoxy) is 1. The first-order valence-electron chi connectivity index (χ1n) is 8.40. The predicted octanol–water partition coefficient (Wildman–Crippen LogP) is 1.07. The average Bonchev–Trinajstić information content (AvgIpc) is 3.09. The van der Waals surface area contributed by atoms with Gasteiger partial charge in [0, 0.05) is 18.3 Å². The highest BCUT2D eigenvalue weighted by atomic mass is 16.5. The quantitative estimate of drug-likeness (QED) is 0.536. The summed E-state index contributed by atoms with van der Waals surface area (Å²) in [4.78, 5) is 29.2. The minimum atomic E-state index is -0.392. The molecule has 27 heavy (non-hydrogen) atoms. The largest absolute Gasteiger partial charge is 0.496 e. The maximum atomic E-state index is 12.6. The molecule has 3 aromatic rings. The summed E-state index contributed by atoms with van der Waals surface area (Å²) >= 11 is 0. The summed E-state index contributed by atoms with van der Waals surface area (Å²) in [5, 5.41) is 9.56. The molecule has 2 aromatic heterocycles. The van der Waals surface area contributed by atoms with Gasteiger partial charge in [0.2, 0.25) is 0 Å². The van der Waals surface area contributed by atoms with E-state index in [0.29, 0.717) is 42.3 Å². The number of fused-ring (bicyclic) bond motifs is 1. The second-order valence-corrected chi connectivity index (χ2v) is 5.72. The van der Waals surface area contributed by atoms with Gasteiger partial charge in [-0.1, -0.05) is 0 Å². The van der Waals surface area contributed by atoms with Crippen molar-refractivity contribution in [3.63, 3.8) is 0 Å². The molecule has 0 fully saturated rings. The topological polar surface area (TPSA) is 124 Å². The Bertz CT molecular complexity index is 936. The number of hydrogen-bond acceptors (Lipinski definition) is 6. The van der Waals surface area contributed by atoms with E-state index in [1.54, 1.807) is 41.2 Å².